The average Bonchev–Trinajstić information content (AvgIpc) is 3.71. The molecule has 4 aromatic carbocycles. The molecule has 0 bridgehead atoms. The van der Waals surface area contributed by atoms with Gasteiger partial charge in [-0.15, -0.1) is 10.2 Å². The van der Waals surface area contributed by atoms with E-state index in [1.165, 1.54) is 11.8 Å². The monoisotopic (exact) mass is 694 g/mol. The number of anilines is 1. The fraction of sp³-hybridized carbons (Fsp3) is 0.118. The van der Waals surface area contributed by atoms with Gasteiger partial charge >= 0.3 is 0 Å². The van der Waals surface area contributed by atoms with Crippen LogP contribution in [0.4, 0.5) is 5.69 Å². The summed E-state index contributed by atoms with van der Waals surface area (Å²) < 4.78 is 17.6. The largest absolute Gasteiger partial charge is 0.495 e. The highest BCUT2D eigenvalue weighted by Gasteiger charge is 2.26. The molecule has 0 aliphatic carbocycles. The Labute approximate surface area is 275 Å². The lowest BCUT2D eigenvalue weighted by Crippen LogP contribution is -2.22. The first-order valence-electron chi connectivity index (χ1n) is 14.3. The number of thioether (sulfide) groups is 1. The standard InChI is InChI=1S/C34H27BrN6O4S/c1-20-31(33(43)41(39(20)2)21-11-5-4-6-12-21)40-32(23-14-7-9-15-25(23)35)37-38-34(40)46-19-30(42)36-26-18-28-24(17-29(26)44-3)22-13-8-10-16-27(22)45-28/h4-18H,19H2,1-3H3,(H,36,42). The van der Waals surface area contributed by atoms with Gasteiger partial charge in [-0.3, -0.25) is 18.8 Å². The molecule has 0 spiro atoms. The number of benzene rings is 4. The Morgan fingerprint density at radius 2 is 1.70 bits per heavy atom. The Balaban J connectivity index is 1.25. The summed E-state index contributed by atoms with van der Waals surface area (Å²) in [6, 6.07) is 28.4. The van der Waals surface area contributed by atoms with Crippen LogP contribution in [-0.4, -0.2) is 42.9 Å². The van der Waals surface area contributed by atoms with Crippen molar-refractivity contribution in [2.24, 2.45) is 7.05 Å². The average molecular weight is 696 g/mol. The second kappa shape index (κ2) is 12.0. The number of nitrogens with zero attached hydrogens (tertiary/aromatic N) is 5. The molecule has 0 atom stereocenters. The van der Waals surface area contributed by atoms with E-state index in [0.717, 1.165) is 32.1 Å². The van der Waals surface area contributed by atoms with Crippen molar-refractivity contribution in [2.75, 3.05) is 18.2 Å². The molecule has 230 valence electrons. The van der Waals surface area contributed by atoms with Crippen LogP contribution >= 0.6 is 27.7 Å². The molecule has 0 aliphatic rings. The molecule has 7 rings (SSSR count). The minimum atomic E-state index is -0.290. The summed E-state index contributed by atoms with van der Waals surface area (Å²) >= 11 is 4.80. The van der Waals surface area contributed by atoms with Crippen LogP contribution in [0.15, 0.2) is 110 Å². The predicted molar refractivity (Wildman–Crippen MR) is 183 cm³/mol. The molecule has 0 saturated heterocycles. The number of rotatable bonds is 8. The number of carbonyl (C=O) groups excluding carboxylic acids is 1. The summed E-state index contributed by atoms with van der Waals surface area (Å²) in [4.78, 5) is 27.5. The number of furan rings is 1. The van der Waals surface area contributed by atoms with Gasteiger partial charge in [0.2, 0.25) is 5.91 Å². The zero-order valence-electron chi connectivity index (χ0n) is 25.0. The lowest BCUT2D eigenvalue weighted by atomic mass is 10.1. The Hall–Kier alpha value is -5.07. The van der Waals surface area contributed by atoms with Crippen molar-refractivity contribution in [2.45, 2.75) is 12.1 Å². The lowest BCUT2D eigenvalue weighted by Gasteiger charge is -2.11. The van der Waals surface area contributed by atoms with Crippen molar-refractivity contribution in [1.29, 1.82) is 0 Å². The van der Waals surface area contributed by atoms with E-state index in [2.05, 4.69) is 31.4 Å². The van der Waals surface area contributed by atoms with Gasteiger partial charge in [-0.25, -0.2) is 4.68 Å². The van der Waals surface area contributed by atoms with Crippen molar-refractivity contribution in [3.8, 4) is 28.5 Å². The van der Waals surface area contributed by atoms with Crippen LogP contribution in [-0.2, 0) is 11.8 Å². The number of fused-ring (bicyclic) bond motifs is 3. The summed E-state index contributed by atoms with van der Waals surface area (Å²) in [5, 5.41) is 14.2. The quantitative estimate of drug-likeness (QED) is 0.169. The van der Waals surface area contributed by atoms with E-state index in [0.29, 0.717) is 39.4 Å². The first-order valence-corrected chi connectivity index (χ1v) is 16.1. The third-order valence-electron chi connectivity index (χ3n) is 7.80. The maximum atomic E-state index is 14.1. The van der Waals surface area contributed by atoms with E-state index in [1.807, 2.05) is 98.9 Å². The van der Waals surface area contributed by atoms with Crippen molar-refractivity contribution < 1.29 is 13.9 Å². The van der Waals surface area contributed by atoms with Gasteiger partial charge in [0.25, 0.3) is 5.56 Å². The van der Waals surface area contributed by atoms with E-state index in [1.54, 1.807) is 27.1 Å². The van der Waals surface area contributed by atoms with Gasteiger partial charge in [0.15, 0.2) is 11.0 Å². The van der Waals surface area contributed by atoms with Crippen LogP contribution in [0, 0.1) is 6.92 Å². The number of hydrogen-bond acceptors (Lipinski definition) is 7. The third-order valence-corrected chi connectivity index (χ3v) is 9.42. The number of aromatic nitrogens is 5. The SMILES string of the molecule is COc1cc2c(cc1NC(=O)CSc1nnc(-c3ccccc3Br)n1-c1c(C)n(C)n(-c3ccccc3)c1=O)oc1ccccc12. The van der Waals surface area contributed by atoms with Crippen molar-refractivity contribution >= 4 is 61.2 Å². The zero-order valence-corrected chi connectivity index (χ0v) is 27.4. The summed E-state index contributed by atoms with van der Waals surface area (Å²) in [7, 11) is 3.40. The lowest BCUT2D eigenvalue weighted by molar-refractivity contribution is -0.113. The van der Waals surface area contributed by atoms with Gasteiger partial charge in [-0.1, -0.05) is 82.3 Å². The summed E-state index contributed by atoms with van der Waals surface area (Å²) in [5.74, 6) is 0.688. The molecule has 7 aromatic rings. The second-order valence-electron chi connectivity index (χ2n) is 10.5. The minimum absolute atomic E-state index is 0.00578. The molecular formula is C34H27BrN6O4S. The Bertz CT molecular complexity index is 2320. The summed E-state index contributed by atoms with van der Waals surface area (Å²) in [6.45, 7) is 1.88. The Morgan fingerprint density at radius 1 is 0.957 bits per heavy atom. The number of nitrogens with one attached hydrogen (secondary N) is 1. The molecular weight excluding hydrogens is 668 g/mol. The molecule has 0 radical (unpaired) electrons. The molecule has 3 aromatic heterocycles. The van der Waals surface area contributed by atoms with E-state index >= 15 is 0 Å². The van der Waals surface area contributed by atoms with Crippen molar-refractivity contribution in [3.05, 3.63) is 112 Å². The van der Waals surface area contributed by atoms with Gasteiger partial charge in [-0.05, 0) is 37.3 Å². The molecule has 0 fully saturated rings. The highest BCUT2D eigenvalue weighted by Crippen LogP contribution is 2.37. The maximum absolute atomic E-state index is 14.1. The fourth-order valence-electron chi connectivity index (χ4n) is 5.53. The number of ether oxygens (including phenoxy) is 1. The van der Waals surface area contributed by atoms with E-state index in [9.17, 15) is 9.59 Å². The molecule has 0 saturated carbocycles. The minimum Gasteiger partial charge on any atom is -0.495 e. The molecule has 1 N–H and O–H groups in total. The number of methoxy groups -OCH3 is 1. The van der Waals surface area contributed by atoms with Gasteiger partial charge in [0, 0.05) is 33.9 Å². The second-order valence-corrected chi connectivity index (χ2v) is 12.3. The number of halogens is 1. The number of carbonyl (C=O) groups is 1. The topological polar surface area (TPSA) is 109 Å². The highest BCUT2D eigenvalue weighted by atomic mass is 79.9. The van der Waals surface area contributed by atoms with E-state index < -0.39 is 0 Å². The first kappa shape index (κ1) is 29.6. The number of hydrogen-bond donors (Lipinski definition) is 1. The van der Waals surface area contributed by atoms with Crippen LogP contribution in [0.5, 0.6) is 5.75 Å². The molecule has 3 heterocycles. The molecule has 0 unspecified atom stereocenters. The molecule has 10 nitrogen and oxygen atoms in total. The smallest absolute Gasteiger partial charge is 0.296 e. The predicted octanol–water partition coefficient (Wildman–Crippen LogP) is 7.13. The van der Waals surface area contributed by atoms with Crippen LogP contribution in [0.25, 0.3) is 44.7 Å². The summed E-state index contributed by atoms with van der Waals surface area (Å²) in [5.41, 5.74) is 4.21. The van der Waals surface area contributed by atoms with Crippen molar-refractivity contribution in [3.63, 3.8) is 0 Å². The summed E-state index contributed by atoms with van der Waals surface area (Å²) in [6.07, 6.45) is 0. The molecule has 0 aliphatic heterocycles. The molecule has 1 amide bonds. The van der Waals surface area contributed by atoms with Crippen LogP contribution in [0.2, 0.25) is 0 Å². The van der Waals surface area contributed by atoms with Crippen LogP contribution in [0.1, 0.15) is 5.69 Å². The van der Waals surface area contributed by atoms with Gasteiger partial charge < -0.3 is 14.5 Å². The van der Waals surface area contributed by atoms with E-state index in [4.69, 9.17) is 9.15 Å². The number of amides is 1. The van der Waals surface area contributed by atoms with E-state index in [-0.39, 0.29) is 17.2 Å². The first-order chi connectivity index (χ1) is 22.4. The third kappa shape index (κ3) is 5.09. The fourth-order valence-corrected chi connectivity index (χ4v) is 6.73. The van der Waals surface area contributed by atoms with Crippen LogP contribution in [0.3, 0.4) is 0 Å². The van der Waals surface area contributed by atoms with Crippen LogP contribution < -0.4 is 15.6 Å². The zero-order chi connectivity index (χ0) is 31.9. The number of para-hydroxylation sites is 2. The maximum Gasteiger partial charge on any atom is 0.296 e. The highest BCUT2D eigenvalue weighted by molar-refractivity contribution is 9.10. The van der Waals surface area contributed by atoms with Gasteiger partial charge in [0.1, 0.15) is 22.6 Å². The molecule has 46 heavy (non-hydrogen) atoms. The Kier molecular flexibility index (Phi) is 7.75. The normalized spacial score (nSPS) is 11.4. The van der Waals surface area contributed by atoms with Crippen molar-refractivity contribution in [1.82, 2.24) is 24.1 Å². The van der Waals surface area contributed by atoms with Gasteiger partial charge in [0.05, 0.1) is 29.9 Å². The Morgan fingerprint density at radius 3 is 2.48 bits per heavy atom. The molecule has 12 heteroatoms. The van der Waals surface area contributed by atoms with Gasteiger partial charge in [-0.2, -0.15) is 0 Å².